The van der Waals surface area contributed by atoms with Crippen molar-refractivity contribution in [3.63, 3.8) is 0 Å². The maximum atomic E-state index is 5.88. The summed E-state index contributed by atoms with van der Waals surface area (Å²) in [6, 6.07) is 0.347. The van der Waals surface area contributed by atoms with E-state index in [9.17, 15) is 0 Å². The average molecular weight is 279 g/mol. The highest BCUT2D eigenvalue weighted by Crippen LogP contribution is 2.43. The highest BCUT2D eigenvalue weighted by atomic mass is 16.5. The summed E-state index contributed by atoms with van der Waals surface area (Å²) in [6.45, 7) is 7.50. The van der Waals surface area contributed by atoms with Crippen molar-refractivity contribution in [2.45, 2.75) is 76.5 Å². The van der Waals surface area contributed by atoms with Crippen LogP contribution in [0.3, 0.4) is 0 Å². The zero-order chi connectivity index (χ0) is 14.1. The molecular formula is C15H25N3O2. The van der Waals surface area contributed by atoms with Crippen LogP contribution in [-0.2, 0) is 4.74 Å². The molecule has 20 heavy (non-hydrogen) atoms. The third kappa shape index (κ3) is 2.61. The second kappa shape index (κ2) is 5.82. The first kappa shape index (κ1) is 14.0. The van der Waals surface area contributed by atoms with Gasteiger partial charge in [0.15, 0.2) is 5.82 Å². The monoisotopic (exact) mass is 279 g/mol. The van der Waals surface area contributed by atoms with Crippen LogP contribution in [0.15, 0.2) is 4.52 Å². The van der Waals surface area contributed by atoms with Gasteiger partial charge in [-0.1, -0.05) is 19.0 Å². The number of fused-ring (bicyclic) bond motifs is 2. The van der Waals surface area contributed by atoms with Crippen molar-refractivity contribution in [3.05, 3.63) is 11.7 Å². The van der Waals surface area contributed by atoms with Gasteiger partial charge in [-0.2, -0.15) is 4.98 Å². The van der Waals surface area contributed by atoms with Gasteiger partial charge < -0.3 is 14.6 Å². The summed E-state index contributed by atoms with van der Waals surface area (Å²) in [5, 5.41) is 7.69. The first-order valence-electron chi connectivity index (χ1n) is 7.91. The molecule has 3 heterocycles. The summed E-state index contributed by atoms with van der Waals surface area (Å²) in [5.41, 5.74) is 0. The van der Waals surface area contributed by atoms with E-state index in [4.69, 9.17) is 9.26 Å². The number of ether oxygens (including phenoxy) is 1. The number of hydrogen-bond donors (Lipinski definition) is 1. The van der Waals surface area contributed by atoms with Gasteiger partial charge in [0.05, 0.1) is 24.0 Å². The van der Waals surface area contributed by atoms with Crippen LogP contribution in [0.1, 0.15) is 70.0 Å². The van der Waals surface area contributed by atoms with Gasteiger partial charge in [0.2, 0.25) is 5.89 Å². The summed E-state index contributed by atoms with van der Waals surface area (Å²) in [4.78, 5) is 4.64. The van der Waals surface area contributed by atoms with E-state index in [2.05, 4.69) is 36.2 Å². The zero-order valence-electron chi connectivity index (χ0n) is 12.6. The molecule has 1 aromatic heterocycles. The van der Waals surface area contributed by atoms with Gasteiger partial charge in [0.25, 0.3) is 0 Å². The molecule has 2 fully saturated rings. The summed E-state index contributed by atoms with van der Waals surface area (Å²) in [6.07, 6.45) is 5.27. The van der Waals surface area contributed by atoms with Crippen LogP contribution in [0.2, 0.25) is 0 Å². The molecule has 0 aromatic carbocycles. The van der Waals surface area contributed by atoms with E-state index in [1.165, 1.54) is 6.42 Å². The molecule has 3 rings (SSSR count). The van der Waals surface area contributed by atoms with Crippen LogP contribution in [0, 0.1) is 0 Å². The van der Waals surface area contributed by atoms with Crippen molar-refractivity contribution >= 4 is 0 Å². The fourth-order valence-electron chi connectivity index (χ4n) is 3.26. The Labute approximate surface area is 120 Å². The van der Waals surface area contributed by atoms with Crippen LogP contribution in [0.25, 0.3) is 0 Å². The molecule has 2 saturated heterocycles. The van der Waals surface area contributed by atoms with Crippen molar-refractivity contribution in [2.24, 2.45) is 0 Å². The molecule has 1 N–H and O–H groups in total. The molecule has 0 aliphatic carbocycles. The van der Waals surface area contributed by atoms with Crippen LogP contribution >= 0.6 is 0 Å². The van der Waals surface area contributed by atoms with Crippen LogP contribution in [0.5, 0.6) is 0 Å². The molecule has 5 nitrogen and oxygen atoms in total. The topological polar surface area (TPSA) is 60.2 Å². The lowest BCUT2D eigenvalue weighted by molar-refractivity contribution is 0.0996. The Balaban J connectivity index is 1.64. The second-order valence-electron chi connectivity index (χ2n) is 6.24. The highest BCUT2D eigenvalue weighted by molar-refractivity contribution is 5.08. The van der Waals surface area contributed by atoms with Crippen molar-refractivity contribution in [1.29, 1.82) is 0 Å². The minimum Gasteiger partial charge on any atom is -0.374 e. The summed E-state index contributed by atoms with van der Waals surface area (Å²) in [7, 11) is 0. The highest BCUT2D eigenvalue weighted by Gasteiger charge is 2.43. The molecule has 2 aliphatic heterocycles. The second-order valence-corrected chi connectivity index (χ2v) is 6.24. The molecule has 5 unspecified atom stereocenters. The molecule has 2 aliphatic rings. The van der Waals surface area contributed by atoms with E-state index in [1.807, 2.05) is 0 Å². The Morgan fingerprint density at radius 3 is 2.85 bits per heavy atom. The Morgan fingerprint density at radius 1 is 1.35 bits per heavy atom. The lowest BCUT2D eigenvalue weighted by atomic mass is 9.89. The van der Waals surface area contributed by atoms with Gasteiger partial charge in [-0.15, -0.1) is 0 Å². The molecule has 1 aromatic rings. The van der Waals surface area contributed by atoms with E-state index >= 15 is 0 Å². The number of rotatable bonds is 6. The Hall–Kier alpha value is -0.940. The molecule has 0 spiro atoms. The molecule has 5 heteroatoms. The number of nitrogens with zero attached hydrogens (tertiary/aromatic N) is 2. The average Bonchev–Trinajstić information content (AvgIpc) is 3.18. The van der Waals surface area contributed by atoms with E-state index in [-0.39, 0.29) is 5.92 Å². The number of aromatic nitrogens is 2. The molecule has 0 radical (unpaired) electrons. The smallest absolute Gasteiger partial charge is 0.231 e. The first-order valence-corrected chi connectivity index (χ1v) is 7.91. The van der Waals surface area contributed by atoms with Crippen LogP contribution < -0.4 is 5.32 Å². The molecule has 112 valence electrons. The maximum absolute atomic E-state index is 5.88. The van der Waals surface area contributed by atoms with Crippen molar-refractivity contribution < 1.29 is 9.26 Å². The molecule has 5 atom stereocenters. The lowest BCUT2D eigenvalue weighted by Crippen LogP contribution is -2.31. The van der Waals surface area contributed by atoms with Crippen LogP contribution in [-0.4, -0.2) is 34.9 Å². The SMILES string of the molecule is CCCNC(C)C(C)c1nc(C2CC3CCC2O3)no1. The zero-order valence-corrected chi connectivity index (χ0v) is 12.6. The fraction of sp³-hybridized carbons (Fsp3) is 0.867. The van der Waals surface area contributed by atoms with Gasteiger partial charge >= 0.3 is 0 Å². The van der Waals surface area contributed by atoms with Crippen LogP contribution in [0.4, 0.5) is 0 Å². The summed E-state index contributed by atoms with van der Waals surface area (Å²) >= 11 is 0. The summed E-state index contributed by atoms with van der Waals surface area (Å²) in [5.74, 6) is 2.18. The first-order chi connectivity index (χ1) is 9.69. The maximum Gasteiger partial charge on any atom is 0.231 e. The predicted molar refractivity (Wildman–Crippen MR) is 75.7 cm³/mol. The Morgan fingerprint density at radius 2 is 2.20 bits per heavy atom. The van der Waals surface area contributed by atoms with Gasteiger partial charge in [0, 0.05) is 6.04 Å². The quantitative estimate of drug-likeness (QED) is 0.867. The largest absolute Gasteiger partial charge is 0.374 e. The van der Waals surface area contributed by atoms with Gasteiger partial charge in [-0.3, -0.25) is 0 Å². The van der Waals surface area contributed by atoms with Crippen molar-refractivity contribution in [1.82, 2.24) is 15.5 Å². The third-order valence-electron chi connectivity index (χ3n) is 4.75. The standard InChI is InChI=1S/C15H25N3O2/c1-4-7-16-10(3)9(2)15-17-14(18-20-15)12-8-11-5-6-13(12)19-11/h9-13,16H,4-8H2,1-3H3. The van der Waals surface area contributed by atoms with Gasteiger partial charge in [0.1, 0.15) is 0 Å². The van der Waals surface area contributed by atoms with E-state index in [1.54, 1.807) is 0 Å². The lowest BCUT2D eigenvalue weighted by Gasteiger charge is -2.17. The minimum atomic E-state index is 0.238. The van der Waals surface area contributed by atoms with E-state index in [0.717, 1.165) is 37.5 Å². The van der Waals surface area contributed by atoms with E-state index in [0.29, 0.717) is 24.2 Å². The van der Waals surface area contributed by atoms with E-state index < -0.39 is 0 Å². The summed E-state index contributed by atoms with van der Waals surface area (Å²) < 4.78 is 11.4. The molecule has 0 saturated carbocycles. The predicted octanol–water partition coefficient (Wildman–Crippen LogP) is 2.60. The number of hydrogen-bond acceptors (Lipinski definition) is 5. The normalized spacial score (nSPS) is 31.6. The Kier molecular flexibility index (Phi) is 4.08. The third-order valence-corrected chi connectivity index (χ3v) is 4.75. The van der Waals surface area contributed by atoms with Gasteiger partial charge in [-0.05, 0) is 39.2 Å². The molecule has 0 amide bonds. The number of nitrogens with one attached hydrogen (secondary N) is 1. The Bertz CT molecular complexity index is 448. The minimum absolute atomic E-state index is 0.238. The molecule has 2 bridgehead atoms. The molecular weight excluding hydrogens is 254 g/mol. The van der Waals surface area contributed by atoms with Crippen molar-refractivity contribution in [2.75, 3.05) is 6.54 Å². The fourth-order valence-corrected chi connectivity index (χ4v) is 3.26. The van der Waals surface area contributed by atoms with Gasteiger partial charge in [-0.25, -0.2) is 0 Å². The van der Waals surface area contributed by atoms with Crippen molar-refractivity contribution in [3.8, 4) is 0 Å².